The maximum atomic E-state index is 13.1. The van der Waals surface area contributed by atoms with E-state index in [-0.39, 0.29) is 16.1 Å². The Kier molecular flexibility index (Phi) is 3.64. The number of hydrogen-bond donors (Lipinski definition) is 2. The van der Waals surface area contributed by atoms with Gasteiger partial charge in [-0.3, -0.25) is 9.25 Å². The average molecular weight is 375 g/mol. The van der Waals surface area contributed by atoms with Crippen molar-refractivity contribution in [2.45, 2.75) is 36.6 Å². The molecule has 0 amide bonds. The zero-order valence-corrected chi connectivity index (χ0v) is 15.7. The van der Waals surface area contributed by atoms with E-state index in [9.17, 15) is 13.2 Å². The summed E-state index contributed by atoms with van der Waals surface area (Å²) in [5, 5.41) is 4.16. The fourth-order valence-corrected chi connectivity index (χ4v) is 4.95. The third-order valence-corrected chi connectivity index (χ3v) is 6.80. The highest BCUT2D eigenvalue weighted by molar-refractivity contribution is 7.89. The number of hydrogen-bond acceptors (Lipinski definition) is 4. The Hall–Kier alpha value is -2.39. The van der Waals surface area contributed by atoms with Crippen molar-refractivity contribution in [3.05, 3.63) is 46.1 Å². The van der Waals surface area contributed by atoms with Crippen LogP contribution in [-0.2, 0) is 30.5 Å². The molecule has 0 unspecified atom stereocenters. The number of nitrogens with zero attached hydrogens (tertiary/aromatic N) is 3. The maximum absolute atomic E-state index is 13.1. The molecule has 0 aliphatic heterocycles. The maximum Gasteiger partial charge on any atom is 0.326 e. The monoisotopic (exact) mass is 375 g/mol. The largest absolute Gasteiger partial charge is 0.326 e. The molecule has 2 aromatic heterocycles. The second-order valence-electron chi connectivity index (χ2n) is 7.22. The Morgan fingerprint density at radius 2 is 2.00 bits per heavy atom. The third-order valence-electron chi connectivity index (χ3n) is 5.07. The Balaban J connectivity index is 1.94. The fraction of sp³-hybridized carbons (Fsp3) is 0.412. The molecule has 3 aromatic rings. The normalized spacial score (nSPS) is 16.3. The van der Waals surface area contributed by atoms with E-state index in [0.29, 0.717) is 23.0 Å². The lowest BCUT2D eigenvalue weighted by Crippen LogP contribution is -2.34. The van der Waals surface area contributed by atoms with Crippen molar-refractivity contribution in [3.63, 3.8) is 0 Å². The number of imidazole rings is 1. The van der Waals surface area contributed by atoms with E-state index in [2.05, 4.69) is 14.8 Å². The van der Waals surface area contributed by atoms with Crippen molar-refractivity contribution in [1.82, 2.24) is 24.1 Å². The molecule has 1 aliphatic carbocycles. The zero-order chi connectivity index (χ0) is 18.7. The molecule has 0 saturated heterocycles. The highest BCUT2D eigenvalue weighted by Crippen LogP contribution is 2.37. The molecule has 4 rings (SSSR count). The lowest BCUT2D eigenvalue weighted by molar-refractivity contribution is 0.557. The summed E-state index contributed by atoms with van der Waals surface area (Å²) in [4.78, 5) is 15.1. The first-order chi connectivity index (χ1) is 12.2. The molecule has 0 bridgehead atoms. The van der Waals surface area contributed by atoms with Crippen LogP contribution in [0.2, 0.25) is 0 Å². The molecular weight excluding hydrogens is 354 g/mol. The van der Waals surface area contributed by atoms with Crippen LogP contribution < -0.4 is 10.4 Å². The standard InChI is InChI=1S/C17H21N5O3S/c1-17(7-8-17)20-26(24,25)14-5-4-13-15(21(2)16(23)19-13)12(14)10-11-6-9-18-22(11)3/h4-6,9,20H,7-8,10H2,1-3H3,(H,19,23). The first-order valence-corrected chi connectivity index (χ1v) is 9.90. The topological polar surface area (TPSA) is 102 Å². The number of fused-ring (bicyclic) bond motifs is 1. The fourth-order valence-electron chi connectivity index (χ4n) is 3.25. The van der Waals surface area contributed by atoms with Gasteiger partial charge < -0.3 is 4.98 Å². The van der Waals surface area contributed by atoms with Crippen LogP contribution in [0.3, 0.4) is 0 Å². The molecule has 2 N–H and O–H groups in total. The van der Waals surface area contributed by atoms with Crippen molar-refractivity contribution < 1.29 is 8.42 Å². The summed E-state index contributed by atoms with van der Waals surface area (Å²) in [7, 11) is -0.262. The van der Waals surface area contributed by atoms with E-state index < -0.39 is 10.0 Å². The quantitative estimate of drug-likeness (QED) is 0.695. The van der Waals surface area contributed by atoms with Crippen molar-refractivity contribution in [2.75, 3.05) is 0 Å². The van der Waals surface area contributed by atoms with Gasteiger partial charge in [0.2, 0.25) is 10.0 Å². The van der Waals surface area contributed by atoms with Crippen LogP contribution in [0, 0.1) is 0 Å². The first-order valence-electron chi connectivity index (χ1n) is 8.42. The molecule has 0 spiro atoms. The first kappa shape index (κ1) is 17.0. The summed E-state index contributed by atoms with van der Waals surface area (Å²) in [5.74, 6) is 0. The van der Waals surface area contributed by atoms with Gasteiger partial charge in [0, 0.05) is 43.5 Å². The lowest BCUT2D eigenvalue weighted by Gasteiger charge is -2.16. The molecule has 138 valence electrons. The lowest BCUT2D eigenvalue weighted by atomic mass is 10.1. The number of benzene rings is 1. The van der Waals surface area contributed by atoms with Gasteiger partial charge in [0.05, 0.1) is 15.9 Å². The molecule has 9 heteroatoms. The highest BCUT2D eigenvalue weighted by Gasteiger charge is 2.42. The van der Waals surface area contributed by atoms with Gasteiger partial charge in [-0.05, 0) is 38.0 Å². The number of aromatic nitrogens is 4. The van der Waals surface area contributed by atoms with Crippen LogP contribution in [-0.4, -0.2) is 33.3 Å². The van der Waals surface area contributed by atoms with Crippen LogP contribution >= 0.6 is 0 Å². The summed E-state index contributed by atoms with van der Waals surface area (Å²) in [6.07, 6.45) is 3.68. The van der Waals surface area contributed by atoms with Crippen LogP contribution in [0.25, 0.3) is 11.0 Å². The van der Waals surface area contributed by atoms with Gasteiger partial charge in [0.15, 0.2) is 0 Å². The second-order valence-corrected chi connectivity index (χ2v) is 8.87. The number of aryl methyl sites for hydroxylation is 2. The second kappa shape index (κ2) is 5.55. The Morgan fingerprint density at radius 3 is 2.62 bits per heavy atom. The minimum Gasteiger partial charge on any atom is -0.306 e. The number of rotatable bonds is 5. The van der Waals surface area contributed by atoms with Gasteiger partial charge >= 0.3 is 5.69 Å². The molecule has 0 atom stereocenters. The zero-order valence-electron chi connectivity index (χ0n) is 14.9. The molecular formula is C17H21N5O3S. The smallest absolute Gasteiger partial charge is 0.306 e. The van der Waals surface area contributed by atoms with Gasteiger partial charge in [-0.25, -0.2) is 17.9 Å². The van der Waals surface area contributed by atoms with Crippen LogP contribution in [0.5, 0.6) is 0 Å². The summed E-state index contributed by atoms with van der Waals surface area (Å²) < 4.78 is 32.1. The van der Waals surface area contributed by atoms with Gasteiger partial charge in [0.1, 0.15) is 0 Å². The predicted octanol–water partition coefficient (Wildman–Crippen LogP) is 1.02. The van der Waals surface area contributed by atoms with Crippen molar-refractivity contribution in [1.29, 1.82) is 0 Å². The van der Waals surface area contributed by atoms with E-state index in [0.717, 1.165) is 18.5 Å². The summed E-state index contributed by atoms with van der Waals surface area (Å²) in [5.41, 5.74) is 2.01. The summed E-state index contributed by atoms with van der Waals surface area (Å²) >= 11 is 0. The SMILES string of the molecule is Cn1nccc1Cc1c(S(=O)(=O)NC2(C)CC2)ccc2[nH]c(=O)n(C)c12. The van der Waals surface area contributed by atoms with Crippen LogP contribution in [0.15, 0.2) is 34.1 Å². The minimum absolute atomic E-state index is 0.203. The van der Waals surface area contributed by atoms with E-state index in [4.69, 9.17) is 0 Å². The van der Waals surface area contributed by atoms with E-state index in [1.807, 2.05) is 20.0 Å². The van der Waals surface area contributed by atoms with Crippen LogP contribution in [0.4, 0.5) is 0 Å². The van der Waals surface area contributed by atoms with Crippen molar-refractivity contribution in [2.24, 2.45) is 14.1 Å². The van der Waals surface area contributed by atoms with Crippen LogP contribution in [0.1, 0.15) is 31.0 Å². The minimum atomic E-state index is -3.71. The van der Waals surface area contributed by atoms with E-state index in [1.54, 1.807) is 30.1 Å². The molecule has 1 saturated carbocycles. The highest BCUT2D eigenvalue weighted by atomic mass is 32.2. The number of H-pyrrole nitrogens is 1. The summed E-state index contributed by atoms with van der Waals surface area (Å²) in [6.45, 7) is 1.90. The van der Waals surface area contributed by atoms with Gasteiger partial charge in [-0.2, -0.15) is 5.10 Å². The Bertz CT molecular complexity index is 1160. The number of sulfonamides is 1. The molecule has 0 radical (unpaired) electrons. The molecule has 26 heavy (non-hydrogen) atoms. The number of aromatic amines is 1. The molecule has 1 aliphatic rings. The van der Waals surface area contributed by atoms with Gasteiger partial charge in [-0.1, -0.05) is 0 Å². The third kappa shape index (κ3) is 2.77. The number of nitrogens with one attached hydrogen (secondary N) is 2. The molecule has 1 fully saturated rings. The molecule has 1 aromatic carbocycles. The van der Waals surface area contributed by atoms with Crippen molar-refractivity contribution >= 4 is 21.1 Å². The Morgan fingerprint density at radius 1 is 1.27 bits per heavy atom. The molecule has 2 heterocycles. The van der Waals surface area contributed by atoms with E-state index in [1.165, 1.54) is 4.57 Å². The predicted molar refractivity (Wildman–Crippen MR) is 97.5 cm³/mol. The summed E-state index contributed by atoms with van der Waals surface area (Å²) in [6, 6.07) is 5.06. The molecule has 8 nitrogen and oxygen atoms in total. The van der Waals surface area contributed by atoms with E-state index >= 15 is 0 Å². The Labute approximate surface area is 150 Å². The van der Waals surface area contributed by atoms with Gasteiger partial charge in [-0.15, -0.1) is 0 Å². The van der Waals surface area contributed by atoms with Gasteiger partial charge in [0.25, 0.3) is 0 Å². The van der Waals surface area contributed by atoms with Crippen molar-refractivity contribution in [3.8, 4) is 0 Å². The average Bonchev–Trinajstić information content (AvgIpc) is 3.00.